The molecule has 0 fully saturated rings. The Bertz CT molecular complexity index is 665. The van der Waals surface area contributed by atoms with Crippen LogP contribution in [0.3, 0.4) is 0 Å². The zero-order valence-corrected chi connectivity index (χ0v) is 15.6. The van der Waals surface area contributed by atoms with Crippen molar-refractivity contribution in [3.8, 4) is 0 Å². The highest BCUT2D eigenvalue weighted by Gasteiger charge is 2.19. The van der Waals surface area contributed by atoms with E-state index in [1.165, 1.54) is 0 Å². The number of carbonyl (C=O) groups excluding carboxylic acids is 2. The molecular weight excluding hydrogens is 367 g/mol. The minimum atomic E-state index is -0.495. The molecule has 0 saturated carbocycles. The van der Waals surface area contributed by atoms with Crippen molar-refractivity contribution >= 4 is 42.3 Å². The molecule has 1 atom stereocenters. The summed E-state index contributed by atoms with van der Waals surface area (Å²) in [5.74, 6) is -0.379. The Hall–Kier alpha value is -2.16. The van der Waals surface area contributed by atoms with Gasteiger partial charge in [0.2, 0.25) is 11.8 Å². The van der Waals surface area contributed by atoms with Crippen molar-refractivity contribution < 1.29 is 9.59 Å². The lowest BCUT2D eigenvalue weighted by molar-refractivity contribution is -0.123. The fourth-order valence-corrected chi connectivity index (χ4v) is 2.10. The van der Waals surface area contributed by atoms with Gasteiger partial charge in [-0.25, -0.2) is 0 Å². The van der Waals surface area contributed by atoms with Crippen LogP contribution in [-0.4, -0.2) is 40.2 Å². The Morgan fingerprint density at radius 2 is 2.04 bits per heavy atom. The number of nitrogens with one attached hydrogen (secondary N) is 3. The number of aromatic nitrogens is 3. The maximum absolute atomic E-state index is 12.2. The first-order chi connectivity index (χ1) is 11.1. The van der Waals surface area contributed by atoms with Crippen LogP contribution in [0.1, 0.15) is 18.0 Å². The van der Waals surface area contributed by atoms with E-state index in [9.17, 15) is 9.59 Å². The Labute approximate surface area is 158 Å². The summed E-state index contributed by atoms with van der Waals surface area (Å²) in [5, 5.41) is 12.4. The number of carbonyl (C=O) groups is 2. The standard InChI is InChI=1S/C15H20N6O2.2ClH/c1-16-14(11-8-19-21(2)10-11)15(23)18-7-5-13(22)20-12-4-3-6-17-9-12;;/h3-4,6,8-10,14,16H,5,7H2,1-2H3,(H,18,23)(H,20,22);2*1H. The first kappa shape index (κ1) is 22.8. The lowest BCUT2D eigenvalue weighted by Gasteiger charge is -2.14. The summed E-state index contributed by atoms with van der Waals surface area (Å²) >= 11 is 0. The lowest BCUT2D eigenvalue weighted by atomic mass is 10.1. The van der Waals surface area contributed by atoms with Crippen molar-refractivity contribution in [2.75, 3.05) is 18.9 Å². The molecule has 3 N–H and O–H groups in total. The minimum absolute atomic E-state index is 0. The van der Waals surface area contributed by atoms with Gasteiger partial charge in [-0.1, -0.05) is 0 Å². The van der Waals surface area contributed by atoms with Crippen LogP contribution in [0, 0.1) is 0 Å². The van der Waals surface area contributed by atoms with Gasteiger partial charge < -0.3 is 16.0 Å². The Morgan fingerprint density at radius 1 is 1.28 bits per heavy atom. The summed E-state index contributed by atoms with van der Waals surface area (Å²) < 4.78 is 1.63. The normalized spacial score (nSPS) is 10.8. The molecule has 0 bridgehead atoms. The topological polar surface area (TPSA) is 101 Å². The number of amides is 2. The number of likely N-dealkylation sites (N-methyl/N-ethyl adjacent to an activating group) is 1. The van der Waals surface area contributed by atoms with Gasteiger partial charge in [-0.15, -0.1) is 24.8 Å². The van der Waals surface area contributed by atoms with E-state index >= 15 is 0 Å². The zero-order valence-electron chi connectivity index (χ0n) is 13.9. The molecule has 10 heteroatoms. The van der Waals surface area contributed by atoms with Gasteiger partial charge in [-0.2, -0.15) is 5.10 Å². The van der Waals surface area contributed by atoms with Crippen molar-refractivity contribution in [3.05, 3.63) is 42.5 Å². The van der Waals surface area contributed by atoms with Crippen molar-refractivity contribution in [1.29, 1.82) is 0 Å². The zero-order chi connectivity index (χ0) is 16.7. The molecule has 138 valence electrons. The summed E-state index contributed by atoms with van der Waals surface area (Å²) in [7, 11) is 3.49. The molecule has 1 unspecified atom stereocenters. The molecule has 8 nitrogen and oxygen atoms in total. The monoisotopic (exact) mass is 388 g/mol. The van der Waals surface area contributed by atoms with Crippen LogP contribution in [0.15, 0.2) is 36.9 Å². The molecule has 2 rings (SSSR count). The number of pyridine rings is 1. The molecule has 25 heavy (non-hydrogen) atoms. The molecule has 0 aliphatic heterocycles. The molecule has 0 saturated heterocycles. The Kier molecular flexibility index (Phi) is 10.4. The second kappa shape index (κ2) is 11.4. The second-order valence-corrected chi connectivity index (χ2v) is 5.00. The number of nitrogens with zero attached hydrogens (tertiary/aromatic N) is 3. The summed E-state index contributed by atoms with van der Waals surface area (Å²) in [5.41, 5.74) is 1.40. The molecular formula is C15H22Cl2N6O2. The summed E-state index contributed by atoms with van der Waals surface area (Å²) in [6.45, 7) is 0.253. The highest BCUT2D eigenvalue weighted by molar-refractivity contribution is 5.91. The van der Waals surface area contributed by atoms with Gasteiger partial charge in [-0.3, -0.25) is 19.3 Å². The molecule has 0 radical (unpaired) electrons. The number of hydrogen-bond acceptors (Lipinski definition) is 5. The van der Waals surface area contributed by atoms with Gasteiger partial charge in [0.15, 0.2) is 0 Å². The van der Waals surface area contributed by atoms with Crippen molar-refractivity contribution in [2.45, 2.75) is 12.5 Å². The largest absolute Gasteiger partial charge is 0.354 e. The van der Waals surface area contributed by atoms with Crippen LogP contribution in [-0.2, 0) is 16.6 Å². The molecule has 0 aliphatic rings. The fraction of sp³-hybridized carbons (Fsp3) is 0.333. The fourth-order valence-electron chi connectivity index (χ4n) is 2.10. The Morgan fingerprint density at radius 3 is 2.60 bits per heavy atom. The number of halogens is 2. The third kappa shape index (κ3) is 7.08. The number of anilines is 1. The smallest absolute Gasteiger partial charge is 0.241 e. The average Bonchev–Trinajstić information content (AvgIpc) is 2.95. The number of hydrogen-bond donors (Lipinski definition) is 3. The van der Waals surface area contributed by atoms with Crippen LogP contribution in [0.4, 0.5) is 5.69 Å². The van der Waals surface area contributed by atoms with Gasteiger partial charge in [-0.05, 0) is 19.2 Å². The van der Waals surface area contributed by atoms with Crippen LogP contribution < -0.4 is 16.0 Å². The van der Waals surface area contributed by atoms with Crippen LogP contribution >= 0.6 is 24.8 Å². The van der Waals surface area contributed by atoms with Crippen LogP contribution in [0.5, 0.6) is 0 Å². The summed E-state index contributed by atoms with van der Waals surface area (Å²) in [6, 6.07) is 3.00. The highest BCUT2D eigenvalue weighted by Crippen LogP contribution is 2.11. The van der Waals surface area contributed by atoms with E-state index in [0.29, 0.717) is 5.69 Å². The van der Waals surface area contributed by atoms with E-state index in [-0.39, 0.29) is 49.6 Å². The molecule has 2 heterocycles. The maximum atomic E-state index is 12.2. The summed E-state index contributed by atoms with van der Waals surface area (Å²) in [6.07, 6.45) is 6.79. The summed E-state index contributed by atoms with van der Waals surface area (Å²) in [4.78, 5) is 27.9. The molecule has 0 aromatic carbocycles. The van der Waals surface area contributed by atoms with Crippen LogP contribution in [0.2, 0.25) is 0 Å². The van der Waals surface area contributed by atoms with E-state index in [1.807, 2.05) is 0 Å². The molecule has 0 spiro atoms. The maximum Gasteiger partial charge on any atom is 0.241 e. The molecule has 0 aliphatic carbocycles. The van der Waals surface area contributed by atoms with Gasteiger partial charge in [0.05, 0.1) is 18.1 Å². The van der Waals surface area contributed by atoms with E-state index in [1.54, 1.807) is 55.7 Å². The molecule has 2 aromatic heterocycles. The predicted molar refractivity (Wildman–Crippen MR) is 100.0 cm³/mol. The lowest BCUT2D eigenvalue weighted by Crippen LogP contribution is -2.37. The van der Waals surface area contributed by atoms with Crippen molar-refractivity contribution in [3.63, 3.8) is 0 Å². The quantitative estimate of drug-likeness (QED) is 0.658. The van der Waals surface area contributed by atoms with Crippen LogP contribution in [0.25, 0.3) is 0 Å². The first-order valence-electron chi connectivity index (χ1n) is 7.23. The third-order valence-electron chi connectivity index (χ3n) is 3.21. The third-order valence-corrected chi connectivity index (χ3v) is 3.21. The van der Waals surface area contributed by atoms with E-state index in [4.69, 9.17) is 0 Å². The van der Waals surface area contributed by atoms with Crippen molar-refractivity contribution in [1.82, 2.24) is 25.4 Å². The predicted octanol–water partition coefficient (Wildman–Crippen LogP) is 1.06. The average molecular weight is 389 g/mol. The van der Waals surface area contributed by atoms with E-state index < -0.39 is 6.04 Å². The molecule has 2 aromatic rings. The minimum Gasteiger partial charge on any atom is -0.354 e. The van der Waals surface area contributed by atoms with E-state index in [0.717, 1.165) is 5.56 Å². The van der Waals surface area contributed by atoms with Crippen molar-refractivity contribution in [2.24, 2.45) is 7.05 Å². The molecule has 2 amide bonds. The van der Waals surface area contributed by atoms with Gasteiger partial charge in [0.25, 0.3) is 0 Å². The van der Waals surface area contributed by atoms with Gasteiger partial charge >= 0.3 is 0 Å². The SMILES string of the molecule is CNC(C(=O)NCCC(=O)Nc1cccnc1)c1cnn(C)c1.Cl.Cl. The second-order valence-electron chi connectivity index (χ2n) is 5.00. The first-order valence-corrected chi connectivity index (χ1v) is 7.23. The van der Waals surface area contributed by atoms with Gasteiger partial charge in [0.1, 0.15) is 6.04 Å². The number of aryl methyl sites for hydroxylation is 1. The highest BCUT2D eigenvalue weighted by atomic mass is 35.5. The van der Waals surface area contributed by atoms with E-state index in [2.05, 4.69) is 26.0 Å². The van der Waals surface area contributed by atoms with Gasteiger partial charge in [0, 0.05) is 38.0 Å². The number of rotatable bonds is 7. The Balaban J connectivity index is 0.00000288.